The van der Waals surface area contributed by atoms with Crippen molar-refractivity contribution in [1.29, 1.82) is 0 Å². The van der Waals surface area contributed by atoms with Crippen molar-refractivity contribution < 1.29 is 4.74 Å². The highest BCUT2D eigenvalue weighted by atomic mass is 79.9. The average molecular weight is 336 g/mol. The number of nitrogens with zero attached hydrogens (tertiary/aromatic N) is 2. The fraction of sp³-hybridized carbons (Fsp3) is 0.0769. The molecule has 2 heterocycles. The van der Waals surface area contributed by atoms with Crippen molar-refractivity contribution >= 4 is 43.4 Å². The molecule has 1 aromatic carbocycles. The molecule has 0 spiro atoms. The van der Waals surface area contributed by atoms with E-state index in [9.17, 15) is 0 Å². The van der Waals surface area contributed by atoms with E-state index >= 15 is 0 Å². The third-order valence-corrected chi connectivity index (χ3v) is 3.96. The van der Waals surface area contributed by atoms with E-state index in [0.717, 1.165) is 26.0 Å². The molecule has 0 amide bonds. The molecule has 3 aromatic rings. The number of nitrogen functional groups attached to an aromatic ring is 1. The standard InChI is InChI=1S/C13H10BrN3OS/c1-7-2-3-8(14)6-10(7)18-11-9-4-5-19-12(9)17-13(15)16-11/h2-6H,1H3,(H2,15,16,17). The van der Waals surface area contributed by atoms with Gasteiger partial charge in [0.1, 0.15) is 10.6 Å². The number of rotatable bonds is 2. The molecule has 0 radical (unpaired) electrons. The van der Waals surface area contributed by atoms with Gasteiger partial charge < -0.3 is 10.5 Å². The van der Waals surface area contributed by atoms with Crippen LogP contribution in [0.1, 0.15) is 5.56 Å². The number of aromatic nitrogens is 2. The smallest absolute Gasteiger partial charge is 0.232 e. The first-order valence-electron chi connectivity index (χ1n) is 5.58. The second kappa shape index (κ2) is 4.79. The molecule has 3 rings (SSSR count). The maximum atomic E-state index is 5.89. The summed E-state index contributed by atoms with van der Waals surface area (Å²) in [5.41, 5.74) is 6.73. The van der Waals surface area contributed by atoms with Crippen molar-refractivity contribution in [3.8, 4) is 11.6 Å². The van der Waals surface area contributed by atoms with Crippen molar-refractivity contribution in [3.63, 3.8) is 0 Å². The van der Waals surface area contributed by atoms with Gasteiger partial charge in [0.2, 0.25) is 11.8 Å². The zero-order chi connectivity index (χ0) is 13.4. The van der Waals surface area contributed by atoms with Crippen molar-refractivity contribution in [3.05, 3.63) is 39.7 Å². The molecule has 0 aliphatic heterocycles. The molecule has 6 heteroatoms. The van der Waals surface area contributed by atoms with Crippen LogP contribution in [0.3, 0.4) is 0 Å². The van der Waals surface area contributed by atoms with Crippen molar-refractivity contribution in [2.24, 2.45) is 0 Å². The first-order chi connectivity index (χ1) is 9.13. The molecular formula is C13H10BrN3OS. The summed E-state index contributed by atoms with van der Waals surface area (Å²) in [5, 5.41) is 2.82. The van der Waals surface area contributed by atoms with Crippen LogP contribution in [0, 0.1) is 6.92 Å². The van der Waals surface area contributed by atoms with E-state index in [1.807, 2.05) is 36.6 Å². The zero-order valence-corrected chi connectivity index (χ0v) is 12.5. The van der Waals surface area contributed by atoms with Gasteiger partial charge in [-0.25, -0.2) is 4.98 Å². The largest absolute Gasteiger partial charge is 0.438 e. The number of aryl methyl sites for hydroxylation is 1. The minimum absolute atomic E-state index is 0.220. The Hall–Kier alpha value is -1.66. The number of fused-ring (bicyclic) bond motifs is 1. The molecule has 0 unspecified atom stereocenters. The minimum atomic E-state index is 0.220. The number of thiophene rings is 1. The van der Waals surface area contributed by atoms with Gasteiger partial charge in [-0.3, -0.25) is 0 Å². The Kier molecular flexibility index (Phi) is 3.12. The van der Waals surface area contributed by atoms with Gasteiger partial charge in [-0.2, -0.15) is 4.98 Å². The van der Waals surface area contributed by atoms with Crippen LogP contribution in [0.25, 0.3) is 10.2 Å². The predicted molar refractivity (Wildman–Crippen MR) is 80.8 cm³/mol. The molecule has 96 valence electrons. The average Bonchev–Trinajstić information content (AvgIpc) is 2.82. The van der Waals surface area contributed by atoms with Gasteiger partial charge in [0.15, 0.2) is 0 Å². The first kappa shape index (κ1) is 12.4. The quantitative estimate of drug-likeness (QED) is 0.764. The Morgan fingerprint density at radius 3 is 2.95 bits per heavy atom. The summed E-state index contributed by atoms with van der Waals surface area (Å²) in [7, 11) is 0. The number of hydrogen-bond acceptors (Lipinski definition) is 5. The fourth-order valence-electron chi connectivity index (χ4n) is 1.71. The van der Waals surface area contributed by atoms with Crippen LogP contribution in [-0.4, -0.2) is 9.97 Å². The maximum Gasteiger partial charge on any atom is 0.232 e. The van der Waals surface area contributed by atoms with Crippen LogP contribution in [0.5, 0.6) is 11.6 Å². The van der Waals surface area contributed by atoms with Crippen molar-refractivity contribution in [1.82, 2.24) is 9.97 Å². The van der Waals surface area contributed by atoms with E-state index in [1.54, 1.807) is 0 Å². The van der Waals surface area contributed by atoms with E-state index in [4.69, 9.17) is 10.5 Å². The molecule has 0 saturated carbocycles. The topological polar surface area (TPSA) is 61.0 Å². The fourth-order valence-corrected chi connectivity index (χ4v) is 2.81. The SMILES string of the molecule is Cc1ccc(Br)cc1Oc1nc(N)nc2sccc12. The Morgan fingerprint density at radius 1 is 1.26 bits per heavy atom. The lowest BCUT2D eigenvalue weighted by atomic mass is 10.2. The molecule has 0 saturated heterocycles. The monoisotopic (exact) mass is 335 g/mol. The van der Waals surface area contributed by atoms with Crippen molar-refractivity contribution in [2.45, 2.75) is 6.92 Å². The van der Waals surface area contributed by atoms with E-state index in [1.165, 1.54) is 11.3 Å². The molecule has 0 fully saturated rings. The predicted octanol–water partition coefficient (Wildman–Crippen LogP) is 4.14. The number of anilines is 1. The van der Waals surface area contributed by atoms with Gasteiger partial charge in [-0.1, -0.05) is 22.0 Å². The van der Waals surface area contributed by atoms with Crippen LogP contribution in [0.2, 0.25) is 0 Å². The zero-order valence-electron chi connectivity index (χ0n) is 10.1. The second-order valence-corrected chi connectivity index (χ2v) is 5.85. The Labute approximate surface area is 122 Å². The summed E-state index contributed by atoms with van der Waals surface area (Å²) in [6.07, 6.45) is 0. The Morgan fingerprint density at radius 2 is 2.11 bits per heavy atom. The summed E-state index contributed by atoms with van der Waals surface area (Å²) < 4.78 is 6.84. The number of ether oxygens (including phenoxy) is 1. The third-order valence-electron chi connectivity index (χ3n) is 2.66. The molecule has 2 N–H and O–H groups in total. The summed E-state index contributed by atoms with van der Waals surface area (Å²) >= 11 is 4.94. The van der Waals surface area contributed by atoms with Gasteiger partial charge in [0.05, 0.1) is 5.39 Å². The maximum absolute atomic E-state index is 5.89. The number of nitrogens with two attached hydrogens (primary N) is 1. The van der Waals surface area contributed by atoms with Crippen LogP contribution in [0.15, 0.2) is 34.1 Å². The normalized spacial score (nSPS) is 10.8. The van der Waals surface area contributed by atoms with E-state index in [-0.39, 0.29) is 5.95 Å². The highest BCUT2D eigenvalue weighted by Gasteiger charge is 2.11. The summed E-state index contributed by atoms with van der Waals surface area (Å²) in [4.78, 5) is 9.18. The lowest BCUT2D eigenvalue weighted by molar-refractivity contribution is 0.465. The summed E-state index contributed by atoms with van der Waals surface area (Å²) in [5.74, 6) is 1.46. The van der Waals surface area contributed by atoms with E-state index < -0.39 is 0 Å². The molecule has 4 nitrogen and oxygen atoms in total. The molecule has 0 bridgehead atoms. The molecule has 19 heavy (non-hydrogen) atoms. The summed E-state index contributed by atoms with van der Waals surface area (Å²) in [6, 6.07) is 7.79. The van der Waals surface area contributed by atoms with Gasteiger partial charge in [-0.05, 0) is 36.1 Å². The van der Waals surface area contributed by atoms with E-state index in [2.05, 4.69) is 25.9 Å². The molecular weight excluding hydrogens is 326 g/mol. The van der Waals surface area contributed by atoms with Gasteiger partial charge in [-0.15, -0.1) is 11.3 Å². The Balaban J connectivity index is 2.10. The van der Waals surface area contributed by atoms with Gasteiger partial charge in [0, 0.05) is 4.47 Å². The Bertz CT molecular complexity index is 757. The molecule has 0 aliphatic rings. The van der Waals surface area contributed by atoms with Crippen LogP contribution < -0.4 is 10.5 Å². The molecule has 0 aliphatic carbocycles. The van der Waals surface area contributed by atoms with Crippen LogP contribution >= 0.6 is 27.3 Å². The minimum Gasteiger partial charge on any atom is -0.438 e. The molecule has 0 atom stereocenters. The third kappa shape index (κ3) is 2.41. The second-order valence-electron chi connectivity index (χ2n) is 4.04. The molecule has 2 aromatic heterocycles. The summed E-state index contributed by atoms with van der Waals surface area (Å²) in [6.45, 7) is 1.98. The number of hydrogen-bond donors (Lipinski definition) is 1. The number of halogens is 1. The van der Waals surface area contributed by atoms with Gasteiger partial charge >= 0.3 is 0 Å². The first-order valence-corrected chi connectivity index (χ1v) is 7.25. The highest BCUT2D eigenvalue weighted by molar-refractivity contribution is 9.10. The lowest BCUT2D eigenvalue weighted by Gasteiger charge is -2.09. The van der Waals surface area contributed by atoms with E-state index in [0.29, 0.717) is 5.88 Å². The lowest BCUT2D eigenvalue weighted by Crippen LogP contribution is -1.98. The van der Waals surface area contributed by atoms with Crippen LogP contribution in [-0.2, 0) is 0 Å². The van der Waals surface area contributed by atoms with Crippen molar-refractivity contribution in [2.75, 3.05) is 5.73 Å². The highest BCUT2D eigenvalue weighted by Crippen LogP contribution is 2.33. The van der Waals surface area contributed by atoms with Gasteiger partial charge in [0.25, 0.3) is 0 Å². The van der Waals surface area contributed by atoms with Crippen LogP contribution in [0.4, 0.5) is 5.95 Å². The number of benzene rings is 1.